The largest absolute Gasteiger partial charge is 0.466 e. The predicted octanol–water partition coefficient (Wildman–Crippen LogP) is 6.20. The molecule has 0 fully saturated rings. The minimum Gasteiger partial charge on any atom is -0.466 e. The molecule has 0 aromatic rings. The van der Waals surface area contributed by atoms with Crippen molar-refractivity contribution in [3.05, 3.63) is 11.1 Å². The van der Waals surface area contributed by atoms with Gasteiger partial charge in [0.05, 0.1) is 6.61 Å². The van der Waals surface area contributed by atoms with Crippen molar-refractivity contribution >= 4 is 5.97 Å². The summed E-state index contributed by atoms with van der Waals surface area (Å²) in [6.45, 7) is 9.54. The van der Waals surface area contributed by atoms with Gasteiger partial charge in [-0.25, -0.2) is 0 Å². The Kier molecular flexibility index (Phi) is 8.82. The Balaban J connectivity index is 2.07. The Hall–Kier alpha value is -0.790. The molecule has 1 aliphatic carbocycles. The van der Waals surface area contributed by atoms with E-state index in [-0.39, 0.29) is 5.97 Å². The highest BCUT2D eigenvalue weighted by atomic mass is 16.5. The van der Waals surface area contributed by atoms with Crippen LogP contribution >= 0.6 is 0 Å². The molecule has 2 nitrogen and oxygen atoms in total. The fourth-order valence-corrected chi connectivity index (χ4v) is 3.74. The van der Waals surface area contributed by atoms with Crippen molar-refractivity contribution in [1.29, 1.82) is 0 Å². The van der Waals surface area contributed by atoms with Gasteiger partial charge in [0.15, 0.2) is 0 Å². The summed E-state index contributed by atoms with van der Waals surface area (Å²) in [6.07, 6.45) is 13.3. The van der Waals surface area contributed by atoms with Crippen molar-refractivity contribution in [3.8, 4) is 0 Å². The van der Waals surface area contributed by atoms with Crippen molar-refractivity contribution in [3.63, 3.8) is 0 Å². The van der Waals surface area contributed by atoms with Crippen LogP contribution in [0.25, 0.3) is 0 Å². The normalized spacial score (nSPS) is 17.6. The van der Waals surface area contributed by atoms with Gasteiger partial charge in [0.25, 0.3) is 0 Å². The third kappa shape index (κ3) is 6.98. The number of rotatable bonds is 10. The number of carbonyl (C=O) groups is 1. The van der Waals surface area contributed by atoms with Crippen LogP contribution in [0.5, 0.6) is 0 Å². The first-order chi connectivity index (χ1) is 10.5. The minimum absolute atomic E-state index is 0.0376. The summed E-state index contributed by atoms with van der Waals surface area (Å²) in [6, 6.07) is 0. The Morgan fingerprint density at radius 1 is 1.09 bits per heavy atom. The van der Waals surface area contributed by atoms with Crippen LogP contribution in [0.2, 0.25) is 0 Å². The summed E-state index contributed by atoms with van der Waals surface area (Å²) in [4.78, 5) is 11.2. The summed E-state index contributed by atoms with van der Waals surface area (Å²) in [5, 5.41) is 0. The molecule has 0 bridgehead atoms. The first-order valence-electron chi connectivity index (χ1n) is 9.32. The van der Waals surface area contributed by atoms with Crippen molar-refractivity contribution in [2.24, 2.45) is 5.41 Å². The molecule has 0 unspecified atom stereocenters. The first-order valence-corrected chi connectivity index (χ1v) is 9.32. The fraction of sp³-hybridized carbons (Fsp3) is 0.850. The highest BCUT2D eigenvalue weighted by Gasteiger charge is 2.27. The highest BCUT2D eigenvalue weighted by Crippen LogP contribution is 2.42. The number of esters is 1. The number of ether oxygens (including phenoxy) is 1. The zero-order valence-corrected chi connectivity index (χ0v) is 15.3. The lowest BCUT2D eigenvalue weighted by atomic mass is 9.71. The molecule has 0 aromatic heterocycles. The van der Waals surface area contributed by atoms with Crippen molar-refractivity contribution in [2.45, 2.75) is 98.3 Å². The van der Waals surface area contributed by atoms with Crippen molar-refractivity contribution < 1.29 is 9.53 Å². The van der Waals surface area contributed by atoms with Gasteiger partial charge in [-0.3, -0.25) is 4.79 Å². The number of allylic oxidation sites excluding steroid dienone is 2. The monoisotopic (exact) mass is 308 g/mol. The maximum absolute atomic E-state index is 11.2. The molecule has 0 spiro atoms. The standard InChI is InChI=1S/C20H36O2/c1-5-22-19(21)15-11-9-7-6-8-10-14-18-17(2)13-12-16-20(18,3)4/h5-16H2,1-4H3. The molecule has 2 heteroatoms. The second kappa shape index (κ2) is 10.1. The smallest absolute Gasteiger partial charge is 0.305 e. The second-order valence-corrected chi connectivity index (χ2v) is 7.42. The maximum atomic E-state index is 11.2. The van der Waals surface area contributed by atoms with E-state index in [1.54, 1.807) is 11.1 Å². The molecule has 0 saturated carbocycles. The van der Waals surface area contributed by atoms with Crippen molar-refractivity contribution in [2.75, 3.05) is 6.61 Å². The SMILES string of the molecule is CCOC(=O)CCCCCCCCC1=C(C)CCCC1(C)C. The van der Waals surface area contributed by atoms with Crippen LogP contribution in [0.3, 0.4) is 0 Å². The average Bonchev–Trinajstić information content (AvgIpc) is 2.44. The molecule has 0 N–H and O–H groups in total. The molecule has 0 heterocycles. The van der Waals surface area contributed by atoms with Gasteiger partial charge >= 0.3 is 5.97 Å². The third-order valence-electron chi connectivity index (χ3n) is 5.05. The molecule has 22 heavy (non-hydrogen) atoms. The van der Waals surface area contributed by atoms with E-state index >= 15 is 0 Å². The molecule has 0 atom stereocenters. The number of hydrogen-bond donors (Lipinski definition) is 0. The summed E-state index contributed by atoms with van der Waals surface area (Å²) in [5.41, 5.74) is 3.83. The van der Waals surface area contributed by atoms with Crippen molar-refractivity contribution in [1.82, 2.24) is 0 Å². The molecule has 0 saturated heterocycles. The lowest BCUT2D eigenvalue weighted by Crippen LogP contribution is -2.20. The zero-order chi connectivity index (χ0) is 16.4. The van der Waals surface area contributed by atoms with Gasteiger partial charge in [-0.1, -0.05) is 50.7 Å². The van der Waals surface area contributed by atoms with Crippen LogP contribution in [0.15, 0.2) is 11.1 Å². The summed E-state index contributed by atoms with van der Waals surface area (Å²) in [5.74, 6) is -0.0376. The lowest BCUT2D eigenvalue weighted by molar-refractivity contribution is -0.143. The average molecular weight is 309 g/mol. The molecular formula is C20H36O2. The van der Waals surface area contributed by atoms with Crippen LogP contribution in [0, 0.1) is 5.41 Å². The molecule has 0 aromatic carbocycles. The molecule has 0 amide bonds. The molecule has 1 rings (SSSR count). The number of unbranched alkanes of at least 4 members (excludes halogenated alkanes) is 5. The topological polar surface area (TPSA) is 26.3 Å². The Morgan fingerprint density at radius 2 is 1.73 bits per heavy atom. The van der Waals surface area contributed by atoms with Crippen LogP contribution in [-0.2, 0) is 9.53 Å². The van der Waals surface area contributed by atoms with E-state index in [4.69, 9.17) is 4.74 Å². The highest BCUT2D eigenvalue weighted by molar-refractivity contribution is 5.69. The molecule has 1 aliphatic rings. The van der Waals surface area contributed by atoms with Gasteiger partial charge < -0.3 is 4.74 Å². The Morgan fingerprint density at radius 3 is 2.36 bits per heavy atom. The molecule has 0 aliphatic heterocycles. The van der Waals surface area contributed by atoms with E-state index in [2.05, 4.69) is 20.8 Å². The van der Waals surface area contributed by atoms with E-state index in [0.717, 1.165) is 12.8 Å². The lowest BCUT2D eigenvalue weighted by Gasteiger charge is -2.34. The van der Waals surface area contributed by atoms with Crippen LogP contribution < -0.4 is 0 Å². The molecule has 0 radical (unpaired) electrons. The minimum atomic E-state index is -0.0376. The van der Waals surface area contributed by atoms with Gasteiger partial charge in [0, 0.05) is 6.42 Å². The van der Waals surface area contributed by atoms with Gasteiger partial charge in [-0.2, -0.15) is 0 Å². The summed E-state index contributed by atoms with van der Waals surface area (Å²) >= 11 is 0. The summed E-state index contributed by atoms with van der Waals surface area (Å²) in [7, 11) is 0. The number of hydrogen-bond acceptors (Lipinski definition) is 2. The Bertz CT molecular complexity index is 366. The second-order valence-electron chi connectivity index (χ2n) is 7.42. The van der Waals surface area contributed by atoms with E-state index in [9.17, 15) is 4.79 Å². The van der Waals surface area contributed by atoms with Gasteiger partial charge in [0.1, 0.15) is 0 Å². The van der Waals surface area contributed by atoms with E-state index in [1.807, 2.05) is 6.92 Å². The summed E-state index contributed by atoms with van der Waals surface area (Å²) < 4.78 is 4.94. The zero-order valence-electron chi connectivity index (χ0n) is 15.3. The Labute approximate surface area is 137 Å². The van der Waals surface area contributed by atoms with Gasteiger partial charge in [0.2, 0.25) is 0 Å². The van der Waals surface area contributed by atoms with E-state index in [1.165, 1.54) is 51.4 Å². The quantitative estimate of drug-likeness (QED) is 0.273. The fourth-order valence-electron chi connectivity index (χ4n) is 3.74. The van der Waals surface area contributed by atoms with Crippen LogP contribution in [-0.4, -0.2) is 12.6 Å². The first kappa shape index (κ1) is 19.3. The predicted molar refractivity (Wildman–Crippen MR) is 93.9 cm³/mol. The van der Waals surface area contributed by atoms with Gasteiger partial charge in [-0.15, -0.1) is 0 Å². The number of carbonyl (C=O) groups excluding carboxylic acids is 1. The van der Waals surface area contributed by atoms with Crippen LogP contribution in [0.1, 0.15) is 98.3 Å². The van der Waals surface area contributed by atoms with Crippen LogP contribution in [0.4, 0.5) is 0 Å². The van der Waals surface area contributed by atoms with E-state index in [0.29, 0.717) is 18.4 Å². The maximum Gasteiger partial charge on any atom is 0.305 e. The molecule has 128 valence electrons. The third-order valence-corrected chi connectivity index (χ3v) is 5.05. The van der Waals surface area contributed by atoms with Gasteiger partial charge in [-0.05, 0) is 57.8 Å². The van der Waals surface area contributed by atoms with E-state index < -0.39 is 0 Å². The molecular weight excluding hydrogens is 272 g/mol.